The van der Waals surface area contributed by atoms with Gasteiger partial charge in [-0.3, -0.25) is 0 Å². The summed E-state index contributed by atoms with van der Waals surface area (Å²) in [5, 5.41) is 8.96. The third-order valence-electron chi connectivity index (χ3n) is 2.53. The summed E-state index contributed by atoms with van der Waals surface area (Å²) < 4.78 is 32.3. The van der Waals surface area contributed by atoms with Gasteiger partial charge < -0.3 is 9.84 Å². The molecule has 5 nitrogen and oxygen atoms in total. The highest BCUT2D eigenvalue weighted by molar-refractivity contribution is 9.10. The van der Waals surface area contributed by atoms with Gasteiger partial charge in [0.1, 0.15) is 10.6 Å². The molecule has 0 saturated carbocycles. The zero-order valence-electron chi connectivity index (χ0n) is 11.0. The molecule has 1 aromatic rings. The van der Waals surface area contributed by atoms with Crippen molar-refractivity contribution in [3.8, 4) is 5.75 Å². The standard InChI is InChI=1S/C12H18BrNO4S/c1-3-14(7-8-15)19(16,17)12-9-10(13)5-6-11(12)18-4-2/h5-6,9,15H,3-4,7-8H2,1-2H3. The van der Waals surface area contributed by atoms with Crippen molar-refractivity contribution in [3.05, 3.63) is 22.7 Å². The highest BCUT2D eigenvalue weighted by atomic mass is 79.9. The van der Waals surface area contributed by atoms with Gasteiger partial charge in [0, 0.05) is 17.6 Å². The van der Waals surface area contributed by atoms with Crippen LogP contribution in [0, 0.1) is 0 Å². The fourth-order valence-corrected chi connectivity index (χ4v) is 3.77. The van der Waals surface area contributed by atoms with Crippen molar-refractivity contribution in [1.82, 2.24) is 4.31 Å². The molecule has 1 rings (SSSR count). The maximum atomic E-state index is 12.5. The van der Waals surface area contributed by atoms with Gasteiger partial charge in [-0.2, -0.15) is 4.31 Å². The summed E-state index contributed by atoms with van der Waals surface area (Å²) in [4.78, 5) is 0.110. The van der Waals surface area contributed by atoms with Crippen LogP contribution in [0.25, 0.3) is 0 Å². The first-order valence-corrected chi connectivity index (χ1v) is 8.24. The first-order valence-electron chi connectivity index (χ1n) is 6.00. The number of benzene rings is 1. The molecular formula is C12H18BrNO4S. The largest absolute Gasteiger partial charge is 0.492 e. The molecule has 0 atom stereocenters. The number of ether oxygens (including phenoxy) is 1. The van der Waals surface area contributed by atoms with E-state index in [0.29, 0.717) is 23.4 Å². The van der Waals surface area contributed by atoms with Crippen LogP contribution in [0.3, 0.4) is 0 Å². The second-order valence-electron chi connectivity index (χ2n) is 3.74. The molecule has 0 unspecified atom stereocenters. The van der Waals surface area contributed by atoms with E-state index in [1.807, 2.05) is 0 Å². The van der Waals surface area contributed by atoms with Crippen LogP contribution in [0.15, 0.2) is 27.6 Å². The molecule has 0 bridgehead atoms. The average molecular weight is 352 g/mol. The van der Waals surface area contributed by atoms with Crippen LogP contribution >= 0.6 is 15.9 Å². The lowest BCUT2D eigenvalue weighted by Gasteiger charge is -2.21. The average Bonchev–Trinajstić information content (AvgIpc) is 2.38. The third kappa shape index (κ3) is 3.92. The molecule has 0 aliphatic heterocycles. The summed E-state index contributed by atoms with van der Waals surface area (Å²) in [5.41, 5.74) is 0. The van der Waals surface area contributed by atoms with E-state index >= 15 is 0 Å². The summed E-state index contributed by atoms with van der Waals surface area (Å²) in [5.74, 6) is 0.321. The Kier molecular flexibility index (Phi) is 6.25. The molecule has 19 heavy (non-hydrogen) atoms. The van der Waals surface area contributed by atoms with Crippen molar-refractivity contribution in [3.63, 3.8) is 0 Å². The summed E-state index contributed by atoms with van der Waals surface area (Å²) in [6.07, 6.45) is 0. The first-order chi connectivity index (χ1) is 8.97. The van der Waals surface area contributed by atoms with Crippen LogP contribution in [0.5, 0.6) is 5.75 Å². The Morgan fingerprint density at radius 2 is 2.05 bits per heavy atom. The molecule has 7 heteroatoms. The predicted molar refractivity (Wildman–Crippen MR) is 76.8 cm³/mol. The molecular weight excluding hydrogens is 334 g/mol. The molecule has 0 aliphatic rings. The van der Waals surface area contributed by atoms with Crippen molar-refractivity contribution >= 4 is 26.0 Å². The van der Waals surface area contributed by atoms with Gasteiger partial charge in [0.25, 0.3) is 0 Å². The Morgan fingerprint density at radius 3 is 2.58 bits per heavy atom. The lowest BCUT2D eigenvalue weighted by Crippen LogP contribution is -2.33. The molecule has 0 aliphatic carbocycles. The molecule has 0 saturated heterocycles. The van der Waals surface area contributed by atoms with E-state index in [1.165, 1.54) is 10.4 Å². The monoisotopic (exact) mass is 351 g/mol. The summed E-state index contributed by atoms with van der Waals surface area (Å²) >= 11 is 3.26. The Morgan fingerprint density at radius 1 is 1.37 bits per heavy atom. The minimum absolute atomic E-state index is 0.0664. The van der Waals surface area contributed by atoms with Gasteiger partial charge in [-0.25, -0.2) is 8.42 Å². The molecule has 0 heterocycles. The van der Waals surface area contributed by atoms with E-state index < -0.39 is 10.0 Å². The molecule has 0 spiro atoms. The topological polar surface area (TPSA) is 66.8 Å². The molecule has 0 amide bonds. The molecule has 0 fully saturated rings. The highest BCUT2D eigenvalue weighted by Gasteiger charge is 2.26. The van der Waals surface area contributed by atoms with Crippen molar-refractivity contribution in [2.75, 3.05) is 26.3 Å². The minimum atomic E-state index is -3.67. The van der Waals surface area contributed by atoms with Gasteiger partial charge in [0.05, 0.1) is 13.2 Å². The Balaban J connectivity index is 3.29. The van der Waals surface area contributed by atoms with Crippen molar-refractivity contribution in [1.29, 1.82) is 0 Å². The molecule has 0 aromatic heterocycles. The van der Waals surface area contributed by atoms with Crippen molar-refractivity contribution < 1.29 is 18.3 Å². The van der Waals surface area contributed by atoms with Crippen molar-refractivity contribution in [2.24, 2.45) is 0 Å². The lowest BCUT2D eigenvalue weighted by molar-refractivity contribution is 0.256. The third-order valence-corrected chi connectivity index (χ3v) is 5.01. The van der Waals surface area contributed by atoms with Gasteiger partial charge in [-0.1, -0.05) is 22.9 Å². The summed E-state index contributed by atoms with van der Waals surface area (Å²) in [6, 6.07) is 4.86. The number of nitrogens with zero attached hydrogens (tertiary/aromatic N) is 1. The van der Waals surface area contributed by atoms with Crippen molar-refractivity contribution in [2.45, 2.75) is 18.7 Å². The zero-order valence-corrected chi connectivity index (χ0v) is 13.4. The van der Waals surface area contributed by atoms with Crippen LogP contribution in [0.4, 0.5) is 0 Å². The number of sulfonamides is 1. The van der Waals surface area contributed by atoms with E-state index in [2.05, 4.69) is 15.9 Å². The molecule has 0 radical (unpaired) electrons. The second kappa shape index (κ2) is 7.23. The van der Waals surface area contributed by atoms with Gasteiger partial charge in [0.2, 0.25) is 10.0 Å². The maximum absolute atomic E-state index is 12.5. The fourth-order valence-electron chi connectivity index (χ4n) is 1.66. The molecule has 1 aromatic carbocycles. The van der Waals surface area contributed by atoms with E-state index in [4.69, 9.17) is 9.84 Å². The normalized spacial score (nSPS) is 11.8. The van der Waals surface area contributed by atoms with Crippen LogP contribution in [-0.4, -0.2) is 44.1 Å². The van der Waals surface area contributed by atoms with Crippen LogP contribution < -0.4 is 4.74 Å². The maximum Gasteiger partial charge on any atom is 0.246 e. The summed E-state index contributed by atoms with van der Waals surface area (Å²) in [6.45, 7) is 4.05. The number of aliphatic hydroxyl groups excluding tert-OH is 1. The fraction of sp³-hybridized carbons (Fsp3) is 0.500. The smallest absolute Gasteiger partial charge is 0.246 e. The van der Waals surface area contributed by atoms with Crippen LogP contribution in [-0.2, 0) is 10.0 Å². The number of aliphatic hydroxyl groups is 1. The van der Waals surface area contributed by atoms with E-state index in [0.717, 1.165) is 0 Å². The van der Waals surface area contributed by atoms with E-state index in [-0.39, 0.29) is 18.0 Å². The first kappa shape index (κ1) is 16.4. The predicted octanol–water partition coefficient (Wildman–Crippen LogP) is 1.85. The van der Waals surface area contributed by atoms with Crippen LogP contribution in [0.2, 0.25) is 0 Å². The molecule has 108 valence electrons. The minimum Gasteiger partial charge on any atom is -0.492 e. The SMILES string of the molecule is CCOc1ccc(Br)cc1S(=O)(=O)N(CC)CCO. The Labute approximate surface area is 122 Å². The lowest BCUT2D eigenvalue weighted by atomic mass is 10.3. The van der Waals surface area contributed by atoms with E-state index in [9.17, 15) is 8.42 Å². The van der Waals surface area contributed by atoms with Gasteiger partial charge in [-0.05, 0) is 25.1 Å². The Hall–Kier alpha value is -0.630. The Bertz CT molecular complexity index is 518. The van der Waals surface area contributed by atoms with E-state index in [1.54, 1.807) is 26.0 Å². The number of halogens is 1. The zero-order chi connectivity index (χ0) is 14.5. The number of hydrogen-bond donors (Lipinski definition) is 1. The molecule has 1 N–H and O–H groups in total. The van der Waals surface area contributed by atoms with Gasteiger partial charge in [-0.15, -0.1) is 0 Å². The second-order valence-corrected chi connectivity index (χ2v) is 6.57. The number of likely N-dealkylation sites (N-methyl/N-ethyl adjacent to an activating group) is 1. The number of hydrogen-bond acceptors (Lipinski definition) is 4. The highest BCUT2D eigenvalue weighted by Crippen LogP contribution is 2.29. The van der Waals surface area contributed by atoms with Gasteiger partial charge in [0.15, 0.2) is 0 Å². The van der Waals surface area contributed by atoms with Crippen LogP contribution in [0.1, 0.15) is 13.8 Å². The quantitative estimate of drug-likeness (QED) is 0.813. The number of rotatable bonds is 7. The summed E-state index contributed by atoms with van der Waals surface area (Å²) in [7, 11) is -3.67. The van der Waals surface area contributed by atoms with Gasteiger partial charge >= 0.3 is 0 Å².